The summed E-state index contributed by atoms with van der Waals surface area (Å²) < 4.78 is 10.5. The zero-order chi connectivity index (χ0) is 20.5. The number of esters is 1. The van der Waals surface area contributed by atoms with Gasteiger partial charge in [-0.1, -0.05) is 36.4 Å². The van der Waals surface area contributed by atoms with Crippen LogP contribution in [0.2, 0.25) is 0 Å². The number of methoxy groups -OCH3 is 1. The van der Waals surface area contributed by atoms with E-state index in [-0.39, 0.29) is 40.8 Å². The number of hydrogen-bond acceptors (Lipinski definition) is 6. The highest BCUT2D eigenvalue weighted by atomic mass is 16.5. The molecule has 0 bridgehead atoms. The summed E-state index contributed by atoms with van der Waals surface area (Å²) in [5.41, 5.74) is 1.58. The molecule has 6 heteroatoms. The number of ether oxygens (including phenoxy) is 2. The molecule has 0 saturated carbocycles. The van der Waals surface area contributed by atoms with Crippen molar-refractivity contribution >= 4 is 11.8 Å². The first kappa shape index (κ1) is 18.6. The minimum Gasteiger partial charge on any atom is -0.507 e. The first-order valence-electron chi connectivity index (χ1n) is 9.02. The minimum absolute atomic E-state index is 0.0164. The molecule has 0 fully saturated rings. The topological polar surface area (TPSA) is 93.1 Å². The van der Waals surface area contributed by atoms with Crippen molar-refractivity contribution in [3.8, 4) is 23.0 Å². The van der Waals surface area contributed by atoms with Crippen molar-refractivity contribution in [3.05, 3.63) is 82.9 Å². The number of benzene rings is 3. The Labute approximate surface area is 167 Å². The Bertz CT molecular complexity index is 1100. The van der Waals surface area contributed by atoms with Crippen LogP contribution in [0.15, 0.2) is 60.7 Å². The van der Waals surface area contributed by atoms with Crippen LogP contribution in [0.3, 0.4) is 0 Å². The van der Waals surface area contributed by atoms with E-state index in [1.807, 2.05) is 0 Å². The third-order valence-electron chi connectivity index (χ3n) is 5.01. The van der Waals surface area contributed by atoms with Gasteiger partial charge in [-0.05, 0) is 29.8 Å². The van der Waals surface area contributed by atoms with Gasteiger partial charge >= 0.3 is 5.97 Å². The van der Waals surface area contributed by atoms with Crippen LogP contribution in [0.25, 0.3) is 0 Å². The number of hydrogen-bond donors (Lipinski definition) is 2. The SMILES string of the molecule is COc1cc(C2CC(=O)Oc3ccc(C(=O)c4ccccc4)c(O)c32)ccc1O. The Morgan fingerprint density at radius 3 is 2.55 bits per heavy atom. The number of carbonyl (C=O) groups is 2. The molecule has 2 N–H and O–H groups in total. The molecule has 6 nitrogen and oxygen atoms in total. The first-order valence-corrected chi connectivity index (χ1v) is 9.02. The van der Waals surface area contributed by atoms with Crippen molar-refractivity contribution in [2.24, 2.45) is 0 Å². The number of ketones is 1. The summed E-state index contributed by atoms with van der Waals surface area (Å²) in [4.78, 5) is 25.0. The van der Waals surface area contributed by atoms with E-state index < -0.39 is 11.9 Å². The van der Waals surface area contributed by atoms with Crippen molar-refractivity contribution < 1.29 is 29.3 Å². The van der Waals surface area contributed by atoms with Gasteiger partial charge in [-0.25, -0.2) is 0 Å². The van der Waals surface area contributed by atoms with Gasteiger partial charge in [0.1, 0.15) is 11.5 Å². The molecular weight excluding hydrogens is 372 g/mol. The Balaban J connectivity index is 1.85. The lowest BCUT2D eigenvalue weighted by Crippen LogP contribution is -2.22. The fourth-order valence-electron chi connectivity index (χ4n) is 3.57. The van der Waals surface area contributed by atoms with E-state index in [0.717, 1.165) is 0 Å². The lowest BCUT2D eigenvalue weighted by atomic mass is 9.84. The van der Waals surface area contributed by atoms with Crippen LogP contribution in [-0.2, 0) is 4.79 Å². The quantitative estimate of drug-likeness (QED) is 0.400. The summed E-state index contributed by atoms with van der Waals surface area (Å²) in [6.07, 6.45) is -0.0164. The van der Waals surface area contributed by atoms with Gasteiger partial charge in [-0.15, -0.1) is 0 Å². The lowest BCUT2D eigenvalue weighted by Gasteiger charge is -2.27. The zero-order valence-electron chi connectivity index (χ0n) is 15.6. The molecule has 1 unspecified atom stereocenters. The minimum atomic E-state index is -0.552. The van der Waals surface area contributed by atoms with Crippen molar-refractivity contribution in [2.45, 2.75) is 12.3 Å². The fraction of sp³-hybridized carbons (Fsp3) is 0.130. The Morgan fingerprint density at radius 1 is 1.07 bits per heavy atom. The van der Waals surface area contributed by atoms with Gasteiger partial charge in [0.15, 0.2) is 17.3 Å². The third kappa shape index (κ3) is 3.29. The van der Waals surface area contributed by atoms with Gasteiger partial charge in [0, 0.05) is 17.0 Å². The van der Waals surface area contributed by atoms with E-state index in [0.29, 0.717) is 16.7 Å². The number of phenols is 2. The molecule has 0 saturated heterocycles. The van der Waals surface area contributed by atoms with E-state index >= 15 is 0 Å². The predicted octanol–water partition coefficient (Wildman–Crippen LogP) is 3.78. The van der Waals surface area contributed by atoms with Crippen LogP contribution in [0.1, 0.15) is 39.4 Å². The molecule has 1 heterocycles. The first-order chi connectivity index (χ1) is 14.0. The standard InChI is InChI=1S/C23H18O6/c1-28-19-11-14(7-9-17(19)24)16-12-20(25)29-18-10-8-15(23(27)21(16)18)22(26)13-5-3-2-4-6-13/h2-11,16,24,27H,12H2,1H3. The van der Waals surface area contributed by atoms with Gasteiger partial charge in [0.25, 0.3) is 0 Å². The second-order valence-electron chi connectivity index (χ2n) is 6.73. The van der Waals surface area contributed by atoms with E-state index in [4.69, 9.17) is 9.47 Å². The van der Waals surface area contributed by atoms with E-state index in [2.05, 4.69) is 0 Å². The Hall–Kier alpha value is -3.80. The van der Waals surface area contributed by atoms with Crippen molar-refractivity contribution in [2.75, 3.05) is 7.11 Å². The molecule has 0 aromatic heterocycles. The van der Waals surface area contributed by atoms with Gasteiger partial charge in [-0.3, -0.25) is 9.59 Å². The van der Waals surface area contributed by atoms with Crippen LogP contribution in [0, 0.1) is 0 Å². The molecular formula is C23H18O6. The summed E-state index contributed by atoms with van der Waals surface area (Å²) in [5, 5.41) is 20.8. The van der Waals surface area contributed by atoms with E-state index in [9.17, 15) is 19.8 Å². The molecule has 3 aromatic carbocycles. The summed E-state index contributed by atoms with van der Waals surface area (Å²) in [7, 11) is 1.43. The van der Waals surface area contributed by atoms with Gasteiger partial charge in [0.05, 0.1) is 19.1 Å². The highest BCUT2D eigenvalue weighted by Gasteiger charge is 2.33. The Kier molecular flexibility index (Phi) is 4.68. The number of aromatic hydroxyl groups is 2. The molecule has 29 heavy (non-hydrogen) atoms. The van der Waals surface area contributed by atoms with Gasteiger partial charge in [-0.2, -0.15) is 0 Å². The zero-order valence-corrected chi connectivity index (χ0v) is 15.6. The van der Waals surface area contributed by atoms with Crippen LogP contribution < -0.4 is 9.47 Å². The maximum Gasteiger partial charge on any atom is 0.312 e. The normalized spacial score (nSPS) is 15.3. The predicted molar refractivity (Wildman–Crippen MR) is 105 cm³/mol. The average molecular weight is 390 g/mol. The fourth-order valence-corrected chi connectivity index (χ4v) is 3.57. The molecule has 1 aliphatic heterocycles. The summed E-state index contributed by atoms with van der Waals surface area (Å²) in [6, 6.07) is 16.3. The van der Waals surface area contributed by atoms with Crippen LogP contribution >= 0.6 is 0 Å². The van der Waals surface area contributed by atoms with Crippen molar-refractivity contribution in [3.63, 3.8) is 0 Å². The average Bonchev–Trinajstić information content (AvgIpc) is 2.74. The summed E-state index contributed by atoms with van der Waals surface area (Å²) in [6.45, 7) is 0. The second kappa shape index (κ2) is 7.31. The summed E-state index contributed by atoms with van der Waals surface area (Å²) >= 11 is 0. The maximum atomic E-state index is 12.9. The number of phenolic OH excluding ortho intramolecular Hbond substituents is 2. The molecule has 0 amide bonds. The second-order valence-corrected chi connectivity index (χ2v) is 6.73. The maximum absolute atomic E-state index is 12.9. The summed E-state index contributed by atoms with van der Waals surface area (Å²) in [5.74, 6) is -1.13. The molecule has 0 spiro atoms. The molecule has 0 radical (unpaired) electrons. The molecule has 1 aliphatic rings. The van der Waals surface area contributed by atoms with Crippen molar-refractivity contribution in [1.29, 1.82) is 0 Å². The van der Waals surface area contributed by atoms with Gasteiger partial charge in [0.2, 0.25) is 0 Å². The number of rotatable bonds is 4. The number of fused-ring (bicyclic) bond motifs is 1. The Morgan fingerprint density at radius 2 is 1.83 bits per heavy atom. The van der Waals surface area contributed by atoms with E-state index in [1.54, 1.807) is 42.5 Å². The highest BCUT2D eigenvalue weighted by molar-refractivity contribution is 6.11. The highest BCUT2D eigenvalue weighted by Crippen LogP contribution is 2.46. The molecule has 1 atom stereocenters. The third-order valence-corrected chi connectivity index (χ3v) is 5.01. The molecule has 3 aromatic rings. The van der Waals surface area contributed by atoms with Gasteiger partial charge < -0.3 is 19.7 Å². The molecule has 0 aliphatic carbocycles. The van der Waals surface area contributed by atoms with Crippen LogP contribution in [0.4, 0.5) is 0 Å². The molecule has 146 valence electrons. The lowest BCUT2D eigenvalue weighted by molar-refractivity contribution is -0.135. The van der Waals surface area contributed by atoms with Crippen LogP contribution in [0.5, 0.6) is 23.0 Å². The largest absolute Gasteiger partial charge is 0.507 e. The monoisotopic (exact) mass is 390 g/mol. The number of carbonyl (C=O) groups excluding carboxylic acids is 2. The van der Waals surface area contributed by atoms with Crippen molar-refractivity contribution in [1.82, 2.24) is 0 Å². The van der Waals surface area contributed by atoms with Crippen LogP contribution in [-0.4, -0.2) is 29.1 Å². The van der Waals surface area contributed by atoms with E-state index in [1.165, 1.54) is 25.3 Å². The smallest absolute Gasteiger partial charge is 0.312 e. The molecule has 4 rings (SSSR count).